The summed E-state index contributed by atoms with van der Waals surface area (Å²) in [5, 5.41) is 2.92. The summed E-state index contributed by atoms with van der Waals surface area (Å²) in [5.41, 5.74) is 1.38. The fraction of sp³-hybridized carbons (Fsp3) is 0.250. The van der Waals surface area contributed by atoms with Gasteiger partial charge in [0, 0.05) is 18.0 Å². The van der Waals surface area contributed by atoms with Gasteiger partial charge in [-0.2, -0.15) is 0 Å². The van der Waals surface area contributed by atoms with Crippen molar-refractivity contribution in [2.24, 2.45) is 0 Å². The van der Waals surface area contributed by atoms with Gasteiger partial charge in [-0.1, -0.05) is 0 Å². The molecule has 1 heterocycles. The Balaban J connectivity index is 2.20. The summed E-state index contributed by atoms with van der Waals surface area (Å²) in [7, 11) is 3.20. The number of hydrogen-bond donors (Lipinski definition) is 1. The zero-order valence-corrected chi connectivity index (χ0v) is 12.3. The summed E-state index contributed by atoms with van der Waals surface area (Å²) in [4.78, 5) is 16.1. The van der Waals surface area contributed by atoms with Crippen LogP contribution in [0.15, 0.2) is 42.7 Å². The first-order valence-corrected chi connectivity index (χ1v) is 6.58. The lowest BCUT2D eigenvalue weighted by Crippen LogP contribution is -2.27. The highest BCUT2D eigenvalue weighted by molar-refractivity contribution is 5.94. The van der Waals surface area contributed by atoms with E-state index in [1.165, 1.54) is 6.20 Å². The average Bonchev–Trinajstić information content (AvgIpc) is 2.54. The highest BCUT2D eigenvalue weighted by Crippen LogP contribution is 2.29. The van der Waals surface area contributed by atoms with Gasteiger partial charge < -0.3 is 14.8 Å². The quantitative estimate of drug-likeness (QED) is 0.917. The lowest BCUT2D eigenvalue weighted by atomic mass is 10.1. The van der Waals surface area contributed by atoms with Crippen molar-refractivity contribution in [3.05, 3.63) is 53.9 Å². The minimum absolute atomic E-state index is 0.180. The number of hydrogen-bond acceptors (Lipinski definition) is 4. The van der Waals surface area contributed by atoms with Crippen LogP contribution < -0.4 is 14.8 Å². The summed E-state index contributed by atoms with van der Waals surface area (Å²) >= 11 is 0. The van der Waals surface area contributed by atoms with Crippen molar-refractivity contribution in [1.82, 2.24) is 10.3 Å². The number of nitrogens with one attached hydrogen (secondary N) is 1. The fourth-order valence-electron chi connectivity index (χ4n) is 2.03. The van der Waals surface area contributed by atoms with Crippen LogP contribution >= 0.6 is 0 Å². The molecule has 2 aromatic rings. The van der Waals surface area contributed by atoms with Crippen molar-refractivity contribution in [3.8, 4) is 11.5 Å². The maximum absolute atomic E-state index is 12.2. The number of pyridine rings is 1. The first kappa shape index (κ1) is 14.8. The normalized spacial score (nSPS) is 11.6. The minimum atomic E-state index is -0.220. The first-order chi connectivity index (χ1) is 10.2. The molecule has 0 saturated heterocycles. The molecule has 1 N–H and O–H groups in total. The van der Waals surface area contributed by atoms with Crippen LogP contribution in [0, 0.1) is 0 Å². The predicted molar refractivity (Wildman–Crippen MR) is 79.7 cm³/mol. The van der Waals surface area contributed by atoms with Crippen LogP contribution in [0.5, 0.6) is 11.5 Å². The largest absolute Gasteiger partial charge is 0.497 e. The molecule has 5 heteroatoms. The molecule has 0 aliphatic carbocycles. The van der Waals surface area contributed by atoms with Crippen molar-refractivity contribution in [3.63, 3.8) is 0 Å². The molecule has 0 aliphatic heterocycles. The average molecular weight is 286 g/mol. The Hall–Kier alpha value is -2.56. The van der Waals surface area contributed by atoms with E-state index < -0.39 is 0 Å². The van der Waals surface area contributed by atoms with Crippen LogP contribution in [-0.4, -0.2) is 25.1 Å². The molecule has 110 valence electrons. The Morgan fingerprint density at radius 3 is 2.67 bits per heavy atom. The second-order valence-corrected chi connectivity index (χ2v) is 4.54. The van der Waals surface area contributed by atoms with Crippen molar-refractivity contribution < 1.29 is 14.3 Å². The number of carbonyl (C=O) groups excluding carboxylic acids is 1. The molecule has 1 aromatic carbocycles. The van der Waals surface area contributed by atoms with Gasteiger partial charge in [0.05, 0.1) is 25.8 Å². The number of methoxy groups -OCH3 is 2. The zero-order chi connectivity index (χ0) is 15.2. The van der Waals surface area contributed by atoms with Gasteiger partial charge in [-0.25, -0.2) is 0 Å². The number of rotatable bonds is 5. The number of carbonyl (C=O) groups is 1. The molecule has 2 rings (SSSR count). The molecule has 1 atom stereocenters. The zero-order valence-electron chi connectivity index (χ0n) is 12.3. The van der Waals surface area contributed by atoms with Gasteiger partial charge >= 0.3 is 0 Å². The van der Waals surface area contributed by atoms with Gasteiger partial charge in [0.2, 0.25) is 0 Å². The van der Waals surface area contributed by atoms with Crippen LogP contribution in [0.2, 0.25) is 0 Å². The summed E-state index contributed by atoms with van der Waals surface area (Å²) in [6.07, 6.45) is 3.16. The van der Waals surface area contributed by atoms with E-state index in [1.807, 2.05) is 25.1 Å². The molecule has 0 saturated carbocycles. The molecule has 0 bridgehead atoms. The molecular weight excluding hydrogens is 268 g/mol. The minimum Gasteiger partial charge on any atom is -0.497 e. The maximum Gasteiger partial charge on any atom is 0.253 e. The Kier molecular flexibility index (Phi) is 4.77. The first-order valence-electron chi connectivity index (χ1n) is 6.58. The van der Waals surface area contributed by atoms with E-state index in [4.69, 9.17) is 9.47 Å². The van der Waals surface area contributed by atoms with Crippen LogP contribution in [0.4, 0.5) is 0 Å². The van der Waals surface area contributed by atoms with Crippen LogP contribution in [0.25, 0.3) is 0 Å². The smallest absolute Gasteiger partial charge is 0.253 e. The molecule has 0 unspecified atom stereocenters. The number of amides is 1. The predicted octanol–water partition coefficient (Wildman–Crippen LogP) is 2.59. The molecular formula is C16H18N2O3. The number of aromatic nitrogens is 1. The summed E-state index contributed by atoms with van der Waals surface area (Å²) in [6, 6.07) is 8.72. The van der Waals surface area contributed by atoms with Gasteiger partial charge in [0.25, 0.3) is 5.91 Å². The second kappa shape index (κ2) is 6.74. The third kappa shape index (κ3) is 3.51. The third-order valence-electron chi connectivity index (χ3n) is 3.17. The van der Waals surface area contributed by atoms with Gasteiger partial charge in [0.1, 0.15) is 11.5 Å². The summed E-state index contributed by atoms with van der Waals surface area (Å²) in [6.45, 7) is 1.89. The van der Waals surface area contributed by atoms with Gasteiger partial charge in [-0.3, -0.25) is 9.78 Å². The van der Waals surface area contributed by atoms with Crippen LogP contribution in [-0.2, 0) is 0 Å². The van der Waals surface area contributed by atoms with E-state index in [1.54, 1.807) is 32.5 Å². The number of nitrogens with zero attached hydrogens (tertiary/aromatic N) is 1. The van der Waals surface area contributed by atoms with E-state index >= 15 is 0 Å². The highest BCUT2D eigenvalue weighted by Gasteiger charge is 2.16. The van der Waals surface area contributed by atoms with Crippen molar-refractivity contribution in [1.29, 1.82) is 0 Å². The van der Waals surface area contributed by atoms with E-state index in [-0.39, 0.29) is 11.9 Å². The summed E-state index contributed by atoms with van der Waals surface area (Å²) < 4.78 is 10.5. The number of ether oxygens (including phenoxy) is 2. The molecule has 0 fully saturated rings. The highest BCUT2D eigenvalue weighted by atomic mass is 16.5. The lowest BCUT2D eigenvalue weighted by Gasteiger charge is -2.18. The monoisotopic (exact) mass is 286 g/mol. The van der Waals surface area contributed by atoms with E-state index in [2.05, 4.69) is 10.3 Å². The third-order valence-corrected chi connectivity index (χ3v) is 3.17. The SMILES string of the molecule is COc1ccc(OC)c([C@@H](C)NC(=O)c2cccnc2)c1. The molecule has 0 radical (unpaired) electrons. The standard InChI is InChI=1S/C16H18N2O3/c1-11(18-16(19)12-5-4-8-17-10-12)14-9-13(20-2)6-7-15(14)21-3/h4-11H,1-3H3,(H,18,19)/t11-/m1/s1. The second-order valence-electron chi connectivity index (χ2n) is 4.54. The molecule has 5 nitrogen and oxygen atoms in total. The lowest BCUT2D eigenvalue weighted by molar-refractivity contribution is 0.0939. The van der Waals surface area contributed by atoms with Crippen LogP contribution in [0.1, 0.15) is 28.9 Å². The Labute approximate surface area is 123 Å². The Morgan fingerprint density at radius 2 is 2.05 bits per heavy atom. The van der Waals surface area contributed by atoms with Crippen molar-refractivity contribution in [2.75, 3.05) is 14.2 Å². The van der Waals surface area contributed by atoms with Gasteiger partial charge in [-0.15, -0.1) is 0 Å². The molecule has 1 aromatic heterocycles. The summed E-state index contributed by atoms with van der Waals surface area (Å²) in [5.74, 6) is 1.24. The maximum atomic E-state index is 12.2. The fourth-order valence-corrected chi connectivity index (χ4v) is 2.03. The van der Waals surface area contributed by atoms with E-state index in [9.17, 15) is 4.79 Å². The topological polar surface area (TPSA) is 60.5 Å². The number of benzene rings is 1. The van der Waals surface area contributed by atoms with Crippen LogP contribution in [0.3, 0.4) is 0 Å². The Morgan fingerprint density at radius 1 is 1.24 bits per heavy atom. The van der Waals surface area contributed by atoms with Crippen molar-refractivity contribution in [2.45, 2.75) is 13.0 Å². The molecule has 21 heavy (non-hydrogen) atoms. The van der Waals surface area contributed by atoms with Gasteiger partial charge in [-0.05, 0) is 37.3 Å². The molecule has 0 aliphatic rings. The molecule has 0 spiro atoms. The van der Waals surface area contributed by atoms with E-state index in [0.29, 0.717) is 17.1 Å². The van der Waals surface area contributed by atoms with Crippen molar-refractivity contribution >= 4 is 5.91 Å². The molecule has 1 amide bonds. The van der Waals surface area contributed by atoms with Gasteiger partial charge in [0.15, 0.2) is 0 Å². The Bertz CT molecular complexity index is 614. The van der Waals surface area contributed by atoms with E-state index in [0.717, 1.165) is 5.56 Å².